The number of hydrogen-bond acceptors (Lipinski definition) is 2. The molecule has 0 amide bonds. The summed E-state index contributed by atoms with van der Waals surface area (Å²) in [5.41, 5.74) is 13.5. The molecule has 6 aromatic rings. The predicted molar refractivity (Wildman–Crippen MR) is 124 cm³/mol. The smallest absolute Gasteiger partial charge is 0.145 e. The van der Waals surface area contributed by atoms with Crippen LogP contribution in [0, 0.1) is 0 Å². The molecule has 3 aromatic carbocycles. The van der Waals surface area contributed by atoms with E-state index in [1.54, 1.807) is 0 Å². The number of imidazole rings is 1. The second-order valence-corrected chi connectivity index (χ2v) is 8.67. The molecule has 0 fully saturated rings. The zero-order chi connectivity index (χ0) is 20.1. The van der Waals surface area contributed by atoms with Crippen LogP contribution in [0.15, 0.2) is 79.4 Å². The Bertz CT molecular complexity index is 1740. The quantitative estimate of drug-likeness (QED) is 0.287. The summed E-state index contributed by atoms with van der Waals surface area (Å²) in [5, 5.41) is 3.77. The molecule has 8 rings (SSSR count). The van der Waals surface area contributed by atoms with Gasteiger partial charge >= 0.3 is 0 Å². The van der Waals surface area contributed by atoms with Gasteiger partial charge in [-0.25, -0.2) is 4.98 Å². The Labute approximate surface area is 178 Å². The van der Waals surface area contributed by atoms with Crippen molar-refractivity contribution < 1.29 is 0 Å². The SMILES string of the molecule is c1ccc2c(c1)Cc1ccc3c(c1-2)-c1ccc2c4ccncc4n4ccnc4c2c1C3. The first-order chi connectivity index (χ1) is 15.4. The maximum absolute atomic E-state index is 4.78. The van der Waals surface area contributed by atoms with E-state index < -0.39 is 0 Å². The minimum absolute atomic E-state index is 0.955. The van der Waals surface area contributed by atoms with Crippen LogP contribution in [0.25, 0.3) is 49.6 Å². The Kier molecular flexibility index (Phi) is 2.74. The first kappa shape index (κ1) is 15.8. The average Bonchev–Trinajstić information content (AvgIpc) is 3.53. The van der Waals surface area contributed by atoms with Gasteiger partial charge in [-0.3, -0.25) is 9.38 Å². The van der Waals surface area contributed by atoms with Crippen LogP contribution in [0.4, 0.5) is 0 Å². The van der Waals surface area contributed by atoms with Crippen molar-refractivity contribution in [3.05, 3.63) is 102 Å². The van der Waals surface area contributed by atoms with E-state index in [2.05, 4.69) is 64.0 Å². The molecule has 0 unspecified atom stereocenters. The van der Waals surface area contributed by atoms with Gasteiger partial charge in [0.1, 0.15) is 5.65 Å². The van der Waals surface area contributed by atoms with Gasteiger partial charge in [-0.05, 0) is 68.8 Å². The van der Waals surface area contributed by atoms with E-state index in [1.165, 1.54) is 60.7 Å². The van der Waals surface area contributed by atoms with E-state index in [-0.39, 0.29) is 0 Å². The van der Waals surface area contributed by atoms with Crippen molar-refractivity contribution in [2.75, 3.05) is 0 Å². The molecule has 0 N–H and O–H groups in total. The highest BCUT2D eigenvalue weighted by atomic mass is 15.0. The summed E-state index contributed by atoms with van der Waals surface area (Å²) < 4.78 is 2.19. The lowest BCUT2D eigenvalue weighted by Crippen LogP contribution is -1.94. The minimum Gasteiger partial charge on any atom is -0.298 e. The van der Waals surface area contributed by atoms with E-state index in [4.69, 9.17) is 4.98 Å². The van der Waals surface area contributed by atoms with E-state index in [0.717, 1.165) is 24.0 Å². The summed E-state index contributed by atoms with van der Waals surface area (Å²) in [6.45, 7) is 0. The average molecular weight is 395 g/mol. The number of pyridine rings is 2. The Morgan fingerprint density at radius 3 is 2.55 bits per heavy atom. The van der Waals surface area contributed by atoms with Gasteiger partial charge in [-0.1, -0.05) is 48.5 Å². The van der Waals surface area contributed by atoms with E-state index >= 15 is 0 Å². The Balaban J connectivity index is 1.53. The molecule has 0 atom stereocenters. The molecular formula is C28H17N3. The third-order valence-electron chi connectivity index (χ3n) is 7.21. The molecule has 0 bridgehead atoms. The van der Waals surface area contributed by atoms with Gasteiger partial charge in [0.15, 0.2) is 0 Å². The van der Waals surface area contributed by atoms with Crippen LogP contribution >= 0.6 is 0 Å². The molecule has 0 saturated heterocycles. The fourth-order valence-corrected chi connectivity index (χ4v) is 5.95. The molecule has 0 radical (unpaired) electrons. The predicted octanol–water partition coefficient (Wildman–Crippen LogP) is 6.18. The maximum atomic E-state index is 4.78. The zero-order valence-electron chi connectivity index (χ0n) is 16.8. The van der Waals surface area contributed by atoms with Crippen molar-refractivity contribution >= 4 is 27.3 Å². The molecule has 0 saturated carbocycles. The van der Waals surface area contributed by atoms with Crippen LogP contribution in [-0.4, -0.2) is 14.4 Å². The lowest BCUT2D eigenvalue weighted by Gasteiger charge is -2.13. The third kappa shape index (κ3) is 1.85. The molecule has 31 heavy (non-hydrogen) atoms. The summed E-state index contributed by atoms with van der Waals surface area (Å²) in [5.74, 6) is 0. The zero-order valence-corrected chi connectivity index (χ0v) is 16.8. The minimum atomic E-state index is 0.955. The topological polar surface area (TPSA) is 30.2 Å². The Hall–Kier alpha value is -3.98. The molecule has 3 heteroatoms. The summed E-state index contributed by atoms with van der Waals surface area (Å²) >= 11 is 0. The molecule has 0 spiro atoms. The number of hydrogen-bond donors (Lipinski definition) is 0. The number of benzene rings is 3. The summed E-state index contributed by atoms with van der Waals surface area (Å²) in [4.78, 5) is 9.15. The molecule has 2 aliphatic carbocycles. The fraction of sp³-hybridized carbons (Fsp3) is 0.0714. The number of rotatable bonds is 0. The fourth-order valence-electron chi connectivity index (χ4n) is 5.95. The lowest BCUT2D eigenvalue weighted by molar-refractivity contribution is 1.22. The van der Waals surface area contributed by atoms with Crippen molar-refractivity contribution in [1.29, 1.82) is 0 Å². The largest absolute Gasteiger partial charge is 0.298 e. The standard InChI is InChI=1S/C28H17N3/c1-2-4-19-16(3-1)13-17-5-6-18-14-23-22(26(18)25(17)19)8-7-21-20-9-10-29-15-24(20)31-12-11-30-28(31)27(21)23/h1-12,15H,13-14H2. The summed E-state index contributed by atoms with van der Waals surface area (Å²) in [6, 6.07) is 20.3. The summed E-state index contributed by atoms with van der Waals surface area (Å²) in [6.07, 6.45) is 9.76. The maximum Gasteiger partial charge on any atom is 0.145 e. The molecule has 3 aromatic heterocycles. The second kappa shape index (κ2) is 5.38. The third-order valence-corrected chi connectivity index (χ3v) is 7.21. The van der Waals surface area contributed by atoms with Gasteiger partial charge in [-0.15, -0.1) is 0 Å². The van der Waals surface area contributed by atoms with Crippen molar-refractivity contribution in [3.8, 4) is 22.3 Å². The van der Waals surface area contributed by atoms with Crippen molar-refractivity contribution in [1.82, 2.24) is 14.4 Å². The molecule has 144 valence electrons. The van der Waals surface area contributed by atoms with E-state index in [9.17, 15) is 0 Å². The van der Waals surface area contributed by atoms with E-state index in [0.29, 0.717) is 0 Å². The molecule has 3 nitrogen and oxygen atoms in total. The molecule has 2 aliphatic rings. The van der Waals surface area contributed by atoms with Gasteiger partial charge in [0.2, 0.25) is 0 Å². The van der Waals surface area contributed by atoms with Crippen molar-refractivity contribution in [2.45, 2.75) is 12.8 Å². The molecule has 3 heterocycles. The van der Waals surface area contributed by atoms with Gasteiger partial charge in [0.25, 0.3) is 0 Å². The second-order valence-electron chi connectivity index (χ2n) is 8.67. The number of fused-ring (bicyclic) bond motifs is 14. The van der Waals surface area contributed by atoms with Crippen LogP contribution in [0.1, 0.15) is 22.3 Å². The van der Waals surface area contributed by atoms with Crippen LogP contribution in [0.5, 0.6) is 0 Å². The highest BCUT2D eigenvalue weighted by Crippen LogP contribution is 2.51. The number of aromatic nitrogens is 3. The van der Waals surface area contributed by atoms with Crippen molar-refractivity contribution in [2.24, 2.45) is 0 Å². The van der Waals surface area contributed by atoms with E-state index in [1.807, 2.05) is 24.8 Å². The Morgan fingerprint density at radius 1 is 0.710 bits per heavy atom. The first-order valence-corrected chi connectivity index (χ1v) is 10.8. The highest BCUT2D eigenvalue weighted by molar-refractivity contribution is 6.15. The first-order valence-electron chi connectivity index (χ1n) is 10.8. The lowest BCUT2D eigenvalue weighted by atomic mass is 9.92. The van der Waals surface area contributed by atoms with Crippen LogP contribution in [-0.2, 0) is 12.8 Å². The van der Waals surface area contributed by atoms with Crippen LogP contribution in [0.3, 0.4) is 0 Å². The van der Waals surface area contributed by atoms with Gasteiger partial charge in [0.05, 0.1) is 11.7 Å². The van der Waals surface area contributed by atoms with Gasteiger partial charge < -0.3 is 0 Å². The monoisotopic (exact) mass is 395 g/mol. The van der Waals surface area contributed by atoms with Crippen molar-refractivity contribution in [3.63, 3.8) is 0 Å². The normalized spacial score (nSPS) is 13.5. The van der Waals surface area contributed by atoms with Gasteiger partial charge in [0, 0.05) is 29.4 Å². The molecular weight excluding hydrogens is 378 g/mol. The van der Waals surface area contributed by atoms with Crippen LogP contribution < -0.4 is 0 Å². The molecule has 0 aliphatic heterocycles. The summed E-state index contributed by atoms with van der Waals surface area (Å²) in [7, 11) is 0. The Morgan fingerprint density at radius 2 is 1.58 bits per heavy atom. The number of nitrogens with zero attached hydrogens (tertiary/aromatic N) is 3. The van der Waals surface area contributed by atoms with Crippen LogP contribution in [0.2, 0.25) is 0 Å². The highest BCUT2D eigenvalue weighted by Gasteiger charge is 2.30. The van der Waals surface area contributed by atoms with Gasteiger partial charge in [-0.2, -0.15) is 0 Å².